The number of rotatable bonds is 2. The number of nitrogens with one attached hydrogen (secondary N) is 2. The van der Waals surface area contributed by atoms with Crippen LogP contribution >= 0.6 is 11.8 Å². The van der Waals surface area contributed by atoms with Crippen LogP contribution in [0.15, 0.2) is 32.8 Å². The van der Waals surface area contributed by atoms with E-state index in [1.807, 2.05) is 23.7 Å². The number of benzene rings is 1. The fourth-order valence-electron chi connectivity index (χ4n) is 5.07. The monoisotopic (exact) mass is 482 g/mol. The van der Waals surface area contributed by atoms with Crippen molar-refractivity contribution in [1.29, 1.82) is 0 Å². The number of ether oxygens (including phenoxy) is 3. The van der Waals surface area contributed by atoms with Gasteiger partial charge in [-0.15, -0.1) is 0 Å². The summed E-state index contributed by atoms with van der Waals surface area (Å²) in [6, 6.07) is 5.58. The maximum Gasteiger partial charge on any atom is 0.271 e. The van der Waals surface area contributed by atoms with Crippen LogP contribution < -0.4 is 20.6 Å². The van der Waals surface area contributed by atoms with Crippen molar-refractivity contribution < 1.29 is 14.2 Å². The molecule has 3 aromatic rings. The van der Waals surface area contributed by atoms with Gasteiger partial charge in [-0.1, -0.05) is 11.8 Å². The van der Waals surface area contributed by atoms with Crippen LogP contribution in [0.4, 0.5) is 5.82 Å². The Morgan fingerprint density at radius 3 is 2.62 bits per heavy atom. The van der Waals surface area contributed by atoms with E-state index in [1.54, 1.807) is 6.07 Å². The summed E-state index contributed by atoms with van der Waals surface area (Å²) >= 11 is 1.42. The molecule has 34 heavy (non-hydrogen) atoms. The summed E-state index contributed by atoms with van der Waals surface area (Å²) in [5.74, 6) is 1.88. The first-order valence-corrected chi connectivity index (χ1v) is 12.3. The summed E-state index contributed by atoms with van der Waals surface area (Å²) in [7, 11) is 0. The number of H-pyrrole nitrogens is 2. The minimum atomic E-state index is -0.466. The molecule has 5 heterocycles. The predicted molar refractivity (Wildman–Crippen MR) is 131 cm³/mol. The third kappa shape index (κ3) is 3.56. The highest BCUT2D eigenvalue weighted by Crippen LogP contribution is 2.45. The summed E-state index contributed by atoms with van der Waals surface area (Å²) in [6.07, 6.45) is 1.55. The maximum atomic E-state index is 13.2. The molecule has 0 amide bonds. The normalized spacial score (nSPS) is 23.4. The van der Waals surface area contributed by atoms with Gasteiger partial charge in [-0.05, 0) is 45.7 Å². The predicted octanol–water partition coefficient (Wildman–Crippen LogP) is 3.81. The average molecular weight is 483 g/mol. The molecule has 9 nitrogen and oxygen atoms in total. The number of aromatic nitrogens is 3. The molecule has 2 N–H and O–H groups in total. The summed E-state index contributed by atoms with van der Waals surface area (Å²) in [5, 5.41) is 4.18. The molecular formula is C24H26N4O5S. The zero-order chi connectivity index (χ0) is 23.6. The Labute approximate surface area is 199 Å². The zero-order valence-electron chi connectivity index (χ0n) is 19.3. The van der Waals surface area contributed by atoms with Gasteiger partial charge in [0.05, 0.1) is 33.0 Å². The Hall–Kier alpha value is -2.98. The van der Waals surface area contributed by atoms with Crippen molar-refractivity contribution in [2.24, 2.45) is 4.99 Å². The fraction of sp³-hybridized carbons (Fsp3) is 0.458. The van der Waals surface area contributed by atoms with E-state index < -0.39 is 5.25 Å². The first kappa shape index (κ1) is 21.5. The van der Waals surface area contributed by atoms with Gasteiger partial charge < -0.3 is 19.2 Å². The Balaban J connectivity index is 1.47. The number of aliphatic imine (C=N–C) groups is 1. The number of aromatic amines is 2. The van der Waals surface area contributed by atoms with E-state index in [-0.39, 0.29) is 22.8 Å². The quantitative estimate of drug-likeness (QED) is 0.575. The van der Waals surface area contributed by atoms with Gasteiger partial charge in [-0.3, -0.25) is 19.4 Å². The summed E-state index contributed by atoms with van der Waals surface area (Å²) in [6.45, 7) is 7.61. The lowest BCUT2D eigenvalue weighted by molar-refractivity contribution is -0.0705. The van der Waals surface area contributed by atoms with Crippen LogP contribution in [0.25, 0.3) is 10.9 Å². The Morgan fingerprint density at radius 1 is 1.09 bits per heavy atom. The molecule has 3 aliphatic heterocycles. The van der Waals surface area contributed by atoms with Gasteiger partial charge in [0.15, 0.2) is 17.3 Å². The van der Waals surface area contributed by atoms with Crippen molar-refractivity contribution in [3.63, 3.8) is 0 Å². The molecule has 0 radical (unpaired) electrons. The minimum absolute atomic E-state index is 0.0686. The number of fused-ring (bicyclic) bond motifs is 3. The van der Waals surface area contributed by atoms with Crippen LogP contribution in [0.2, 0.25) is 0 Å². The molecule has 2 atom stereocenters. The van der Waals surface area contributed by atoms with Gasteiger partial charge >= 0.3 is 0 Å². The fourth-order valence-corrected chi connectivity index (χ4v) is 6.18. The second-order valence-corrected chi connectivity index (χ2v) is 10.9. The summed E-state index contributed by atoms with van der Waals surface area (Å²) < 4.78 is 19.1. The number of nitrogens with zero attached hydrogens (tertiary/aromatic N) is 2. The van der Waals surface area contributed by atoms with Crippen LogP contribution in [0.3, 0.4) is 0 Å². The van der Waals surface area contributed by atoms with Crippen LogP contribution in [-0.2, 0) is 4.74 Å². The molecule has 6 rings (SSSR count). The summed E-state index contributed by atoms with van der Waals surface area (Å²) in [5.41, 5.74) is 0.970. The van der Waals surface area contributed by atoms with Gasteiger partial charge in [-0.2, -0.15) is 0 Å². The molecule has 2 aromatic heterocycles. The van der Waals surface area contributed by atoms with E-state index >= 15 is 0 Å². The van der Waals surface area contributed by atoms with E-state index in [4.69, 9.17) is 19.2 Å². The van der Waals surface area contributed by atoms with Crippen LogP contribution in [-0.4, -0.2) is 45.2 Å². The van der Waals surface area contributed by atoms with Crippen molar-refractivity contribution in [3.05, 3.63) is 50.0 Å². The molecule has 1 saturated heterocycles. The largest absolute Gasteiger partial charge is 0.486 e. The molecule has 3 aliphatic rings. The topological polar surface area (TPSA) is 111 Å². The van der Waals surface area contributed by atoms with Gasteiger partial charge in [0.1, 0.15) is 13.2 Å². The second kappa shape index (κ2) is 7.78. The van der Waals surface area contributed by atoms with Crippen LogP contribution in [0.1, 0.15) is 56.0 Å². The Kier molecular flexibility index (Phi) is 4.93. The maximum absolute atomic E-state index is 13.2. The molecule has 0 saturated carbocycles. The van der Waals surface area contributed by atoms with Crippen molar-refractivity contribution in [3.8, 4) is 11.5 Å². The highest BCUT2D eigenvalue weighted by Gasteiger charge is 2.36. The molecule has 0 unspecified atom stereocenters. The molecule has 0 bridgehead atoms. The van der Waals surface area contributed by atoms with Crippen LogP contribution in [0.5, 0.6) is 11.5 Å². The average Bonchev–Trinajstić information content (AvgIpc) is 3.12. The smallest absolute Gasteiger partial charge is 0.271 e. The van der Waals surface area contributed by atoms with Crippen molar-refractivity contribution in [1.82, 2.24) is 14.8 Å². The third-order valence-corrected chi connectivity index (χ3v) is 7.76. The van der Waals surface area contributed by atoms with Crippen LogP contribution in [0, 0.1) is 0 Å². The standard InChI is InChI=1S/C24H26N4O5S/c1-12-25-21-19(23(30)27-28(21)14-4-5-33-24(2,3)11-14)20(34-12)15-8-13-9-17-18(32-7-6-31-17)10-16(13)26-22(15)29/h8-10,14,20H,4-7,11H2,1-3H3,(H,26,29)(H,27,30)/t14-,20-/m0/s1. The molecule has 10 heteroatoms. The number of hydrogen-bond acceptors (Lipinski definition) is 7. The Morgan fingerprint density at radius 2 is 1.85 bits per heavy atom. The number of pyridine rings is 1. The molecule has 1 fully saturated rings. The van der Waals surface area contributed by atoms with Crippen molar-refractivity contribution in [2.45, 2.75) is 50.5 Å². The first-order valence-electron chi connectivity index (χ1n) is 11.5. The van der Waals surface area contributed by atoms with Crippen molar-refractivity contribution >= 4 is 33.5 Å². The van der Waals surface area contributed by atoms with E-state index in [9.17, 15) is 9.59 Å². The highest BCUT2D eigenvalue weighted by molar-refractivity contribution is 8.14. The lowest BCUT2D eigenvalue weighted by Crippen LogP contribution is -2.35. The van der Waals surface area contributed by atoms with E-state index in [0.717, 1.165) is 23.3 Å². The van der Waals surface area contributed by atoms with Crippen molar-refractivity contribution in [2.75, 3.05) is 19.8 Å². The van der Waals surface area contributed by atoms with E-state index in [2.05, 4.69) is 23.9 Å². The first-order chi connectivity index (χ1) is 16.3. The zero-order valence-corrected chi connectivity index (χ0v) is 20.1. The molecule has 0 spiro atoms. The third-order valence-electron chi connectivity index (χ3n) is 6.60. The lowest BCUT2D eigenvalue weighted by Gasteiger charge is -2.36. The minimum Gasteiger partial charge on any atom is -0.486 e. The highest BCUT2D eigenvalue weighted by atomic mass is 32.2. The number of thioether (sulfide) groups is 1. The van der Waals surface area contributed by atoms with Gasteiger partial charge in [0, 0.05) is 23.6 Å². The molecule has 0 aliphatic carbocycles. The molecule has 1 aromatic carbocycles. The molecular weight excluding hydrogens is 456 g/mol. The van der Waals surface area contributed by atoms with E-state index in [0.29, 0.717) is 53.8 Å². The van der Waals surface area contributed by atoms with Gasteiger partial charge in [0.25, 0.3) is 11.1 Å². The number of hydrogen-bond donors (Lipinski definition) is 2. The SMILES string of the molecule is CC1=Nc2c(c(=O)[nH]n2[C@H]2CCOC(C)(C)C2)[C@H](c2cc3cc4c(cc3[nH]c2=O)OCCO4)S1. The lowest BCUT2D eigenvalue weighted by atomic mass is 9.94. The molecule has 178 valence electrons. The van der Waals surface area contributed by atoms with E-state index in [1.165, 1.54) is 11.8 Å². The second-order valence-electron chi connectivity index (χ2n) is 9.57. The Bertz CT molecular complexity index is 1450. The summed E-state index contributed by atoms with van der Waals surface area (Å²) in [4.78, 5) is 34.1. The van der Waals surface area contributed by atoms with Gasteiger partial charge in [-0.25, -0.2) is 4.99 Å². The van der Waals surface area contributed by atoms with Gasteiger partial charge in [0.2, 0.25) is 0 Å².